The number of ether oxygens (including phenoxy) is 1. The average molecular weight is 425 g/mol. The molecule has 5 nitrogen and oxygen atoms in total. The molecule has 1 heterocycles. The zero-order valence-electron chi connectivity index (χ0n) is 19.8. The Bertz CT molecular complexity index is 580. The highest BCUT2D eigenvalue weighted by Crippen LogP contribution is 2.26. The number of allylic oxidation sites excluding steroid dienone is 2. The van der Waals surface area contributed by atoms with Gasteiger partial charge in [0, 0.05) is 18.8 Å². The maximum Gasteiger partial charge on any atom is 0.306 e. The molecule has 0 radical (unpaired) electrons. The lowest BCUT2D eigenvalue weighted by molar-refractivity contribution is -0.151. The molecule has 0 aliphatic carbocycles. The molecule has 174 valence electrons. The highest BCUT2D eigenvalue weighted by atomic mass is 16.5. The summed E-state index contributed by atoms with van der Waals surface area (Å²) in [6.07, 6.45) is 6.83. The number of carbonyl (C=O) groups is 1. The summed E-state index contributed by atoms with van der Waals surface area (Å²) in [7, 11) is 0. The Balaban J connectivity index is 2.82. The molecule has 0 saturated heterocycles. The molecule has 1 rings (SSSR count). The van der Waals surface area contributed by atoms with Gasteiger partial charge in [-0.2, -0.15) is 0 Å². The van der Waals surface area contributed by atoms with Crippen LogP contribution < -0.4 is 0 Å². The first-order valence-corrected chi connectivity index (χ1v) is 11.6. The lowest BCUT2D eigenvalue weighted by atomic mass is 9.89. The minimum absolute atomic E-state index is 0.0410. The van der Waals surface area contributed by atoms with Crippen LogP contribution in [-0.4, -0.2) is 45.7 Å². The summed E-state index contributed by atoms with van der Waals surface area (Å²) >= 11 is 0. The van der Waals surface area contributed by atoms with Crippen molar-refractivity contribution in [2.45, 2.75) is 111 Å². The summed E-state index contributed by atoms with van der Waals surface area (Å²) in [6, 6.07) is 0. The van der Waals surface area contributed by atoms with Crippen molar-refractivity contribution in [2.75, 3.05) is 0 Å². The third kappa shape index (κ3) is 10.2. The van der Waals surface area contributed by atoms with Crippen LogP contribution in [0.1, 0.15) is 86.5 Å². The number of aliphatic hydroxyl groups excluding tert-OH is 3. The minimum atomic E-state index is -0.572. The maximum absolute atomic E-state index is 12.3. The van der Waals surface area contributed by atoms with Crippen LogP contribution in [-0.2, 0) is 9.53 Å². The molecule has 1 aliphatic heterocycles. The number of carbonyl (C=O) groups excluding carboxylic acids is 1. The van der Waals surface area contributed by atoms with Gasteiger partial charge in [0.05, 0.1) is 18.3 Å². The van der Waals surface area contributed by atoms with Gasteiger partial charge in [-0.1, -0.05) is 44.1 Å². The third-order valence-electron chi connectivity index (χ3n) is 6.18. The van der Waals surface area contributed by atoms with E-state index in [1.54, 1.807) is 6.92 Å². The normalized spacial score (nSPS) is 30.7. The molecule has 0 aromatic rings. The molecule has 0 unspecified atom stereocenters. The first-order valence-electron chi connectivity index (χ1n) is 11.6. The lowest BCUT2D eigenvalue weighted by Gasteiger charge is -2.26. The van der Waals surface area contributed by atoms with Gasteiger partial charge in [0.15, 0.2) is 0 Å². The fourth-order valence-electron chi connectivity index (χ4n) is 4.24. The molecular formula is C25H44O5. The first kappa shape index (κ1) is 26.9. The number of cyclic esters (lactones) is 1. The Morgan fingerprint density at radius 1 is 1.30 bits per heavy atom. The Morgan fingerprint density at radius 2 is 1.97 bits per heavy atom. The summed E-state index contributed by atoms with van der Waals surface area (Å²) in [6.45, 7) is 11.9. The molecule has 3 N–H and O–H groups in total. The summed E-state index contributed by atoms with van der Waals surface area (Å²) in [5, 5.41) is 29.9. The van der Waals surface area contributed by atoms with E-state index in [1.165, 1.54) is 5.57 Å². The Morgan fingerprint density at radius 3 is 2.60 bits per heavy atom. The topological polar surface area (TPSA) is 87.0 Å². The minimum Gasteiger partial charge on any atom is -0.462 e. The standard InChI is InChI=1S/C25H44O5/c1-16-10-11-24(30-25(29)9-7-8-22(27)18(3)12-16)20(5)14-17(2)13-19(4)23(28)15-21(6)26/h10,13,18-24,26-28H,7-9,11-12,14-15H2,1-6H3/b16-10-,17-13+/t18-,19+,20-,21+,22-,23+,24-/m0/s1. The van der Waals surface area contributed by atoms with Crippen molar-refractivity contribution in [3.05, 3.63) is 23.3 Å². The van der Waals surface area contributed by atoms with E-state index in [4.69, 9.17) is 4.74 Å². The number of aliphatic hydroxyl groups is 3. The smallest absolute Gasteiger partial charge is 0.306 e. The quantitative estimate of drug-likeness (QED) is 0.412. The first-order chi connectivity index (χ1) is 14.0. The van der Waals surface area contributed by atoms with Crippen molar-refractivity contribution in [1.82, 2.24) is 0 Å². The molecule has 0 saturated carbocycles. The van der Waals surface area contributed by atoms with E-state index in [1.807, 2.05) is 13.8 Å². The number of esters is 1. The molecule has 30 heavy (non-hydrogen) atoms. The van der Waals surface area contributed by atoms with Crippen LogP contribution in [0.4, 0.5) is 0 Å². The van der Waals surface area contributed by atoms with Crippen molar-refractivity contribution >= 4 is 5.97 Å². The van der Waals surface area contributed by atoms with Gasteiger partial charge in [-0.15, -0.1) is 0 Å². The Hall–Kier alpha value is -1.17. The van der Waals surface area contributed by atoms with Crippen molar-refractivity contribution in [1.29, 1.82) is 0 Å². The van der Waals surface area contributed by atoms with Gasteiger partial charge in [0.25, 0.3) is 0 Å². The summed E-state index contributed by atoms with van der Waals surface area (Å²) in [5.74, 6) is 0.106. The predicted octanol–water partition coefficient (Wildman–Crippen LogP) is 4.55. The second kappa shape index (κ2) is 13.3. The molecule has 5 heteroatoms. The molecule has 0 spiro atoms. The van der Waals surface area contributed by atoms with Crippen molar-refractivity contribution in [2.24, 2.45) is 17.8 Å². The van der Waals surface area contributed by atoms with Crippen LogP contribution in [0, 0.1) is 17.8 Å². The molecular weight excluding hydrogens is 380 g/mol. The number of hydrogen-bond acceptors (Lipinski definition) is 5. The van der Waals surface area contributed by atoms with Crippen LogP contribution in [0.25, 0.3) is 0 Å². The van der Waals surface area contributed by atoms with E-state index < -0.39 is 12.2 Å². The maximum atomic E-state index is 12.3. The second-order valence-electron chi connectivity index (χ2n) is 9.66. The second-order valence-corrected chi connectivity index (χ2v) is 9.66. The fraction of sp³-hybridized carbons (Fsp3) is 0.800. The van der Waals surface area contributed by atoms with E-state index in [-0.39, 0.29) is 35.9 Å². The van der Waals surface area contributed by atoms with E-state index >= 15 is 0 Å². The van der Waals surface area contributed by atoms with Crippen LogP contribution >= 0.6 is 0 Å². The van der Waals surface area contributed by atoms with Gasteiger partial charge in [0.1, 0.15) is 6.10 Å². The Labute approximate surface area is 183 Å². The van der Waals surface area contributed by atoms with Crippen molar-refractivity contribution in [3.63, 3.8) is 0 Å². The van der Waals surface area contributed by atoms with Gasteiger partial charge in [-0.3, -0.25) is 4.79 Å². The van der Waals surface area contributed by atoms with E-state index in [2.05, 4.69) is 32.9 Å². The lowest BCUT2D eigenvalue weighted by Crippen LogP contribution is -2.26. The summed E-state index contributed by atoms with van der Waals surface area (Å²) in [4.78, 5) is 12.3. The molecule has 0 fully saturated rings. The predicted molar refractivity (Wildman–Crippen MR) is 121 cm³/mol. The molecule has 0 amide bonds. The molecule has 0 bridgehead atoms. The SMILES string of the molecule is C/C1=C/C[C@@H]([C@@H](C)C/C(C)=C/[C@@H](C)[C@H](O)C[C@@H](C)O)OC(=O)CCC[C@H](O)[C@@H](C)C1. The third-order valence-corrected chi connectivity index (χ3v) is 6.18. The van der Waals surface area contributed by atoms with Gasteiger partial charge in [-0.25, -0.2) is 0 Å². The zero-order chi connectivity index (χ0) is 22.8. The van der Waals surface area contributed by atoms with Crippen molar-refractivity contribution < 1.29 is 24.9 Å². The fourth-order valence-corrected chi connectivity index (χ4v) is 4.24. The van der Waals surface area contributed by atoms with Crippen LogP contribution in [0.3, 0.4) is 0 Å². The number of rotatable bonds is 7. The molecule has 7 atom stereocenters. The van der Waals surface area contributed by atoms with E-state index in [0.29, 0.717) is 32.1 Å². The van der Waals surface area contributed by atoms with Crippen LogP contribution in [0.15, 0.2) is 23.3 Å². The van der Waals surface area contributed by atoms with E-state index in [0.717, 1.165) is 18.4 Å². The summed E-state index contributed by atoms with van der Waals surface area (Å²) in [5.41, 5.74) is 2.37. The zero-order valence-corrected chi connectivity index (χ0v) is 19.8. The summed E-state index contributed by atoms with van der Waals surface area (Å²) < 4.78 is 5.83. The highest BCUT2D eigenvalue weighted by molar-refractivity contribution is 5.69. The molecule has 0 aromatic carbocycles. The van der Waals surface area contributed by atoms with Gasteiger partial charge in [0.2, 0.25) is 0 Å². The molecule has 0 aromatic heterocycles. The largest absolute Gasteiger partial charge is 0.462 e. The molecule has 1 aliphatic rings. The Kier molecular flexibility index (Phi) is 11.9. The van der Waals surface area contributed by atoms with Gasteiger partial charge in [-0.05, 0) is 64.7 Å². The average Bonchev–Trinajstić information content (AvgIpc) is 2.63. The monoisotopic (exact) mass is 424 g/mol. The van der Waals surface area contributed by atoms with Gasteiger partial charge < -0.3 is 20.1 Å². The van der Waals surface area contributed by atoms with Crippen LogP contribution in [0.5, 0.6) is 0 Å². The van der Waals surface area contributed by atoms with Gasteiger partial charge >= 0.3 is 5.97 Å². The van der Waals surface area contributed by atoms with E-state index in [9.17, 15) is 20.1 Å². The van der Waals surface area contributed by atoms with Crippen LogP contribution in [0.2, 0.25) is 0 Å². The number of hydrogen-bond donors (Lipinski definition) is 3. The highest BCUT2D eigenvalue weighted by Gasteiger charge is 2.24. The van der Waals surface area contributed by atoms with Crippen molar-refractivity contribution in [3.8, 4) is 0 Å².